The Kier molecular flexibility index (Phi) is 3.35. The summed E-state index contributed by atoms with van der Waals surface area (Å²) in [6, 6.07) is 4.06. The van der Waals surface area contributed by atoms with Crippen LogP contribution in [-0.4, -0.2) is 6.54 Å². The fourth-order valence-electron chi connectivity index (χ4n) is 1.28. The molecule has 68 valence electrons. The lowest BCUT2D eigenvalue weighted by Gasteiger charge is -2.06. The van der Waals surface area contributed by atoms with Crippen molar-refractivity contribution in [1.29, 1.82) is 0 Å². The van der Waals surface area contributed by atoms with E-state index >= 15 is 0 Å². The molecule has 1 aromatic heterocycles. The first-order valence-corrected chi connectivity index (χ1v) is 4.50. The van der Waals surface area contributed by atoms with E-state index in [1.165, 1.54) is 0 Å². The highest BCUT2D eigenvalue weighted by Gasteiger charge is 2.07. The number of rotatable bonds is 4. The first-order valence-electron chi connectivity index (χ1n) is 4.50. The van der Waals surface area contributed by atoms with Crippen LogP contribution >= 0.6 is 0 Å². The molecule has 1 heterocycles. The number of hydrogen-bond donors (Lipinski definition) is 1. The fraction of sp³-hybridized carbons (Fsp3) is 0.600. The van der Waals surface area contributed by atoms with Crippen molar-refractivity contribution in [3.05, 3.63) is 23.7 Å². The van der Waals surface area contributed by atoms with E-state index in [1.807, 2.05) is 13.0 Å². The monoisotopic (exact) mass is 167 g/mol. The van der Waals surface area contributed by atoms with Crippen LogP contribution in [0.4, 0.5) is 0 Å². The maximum atomic E-state index is 5.50. The first kappa shape index (κ1) is 9.33. The summed E-state index contributed by atoms with van der Waals surface area (Å²) in [6.45, 7) is 4.91. The van der Waals surface area contributed by atoms with Crippen molar-refractivity contribution in [2.45, 2.75) is 32.6 Å². The predicted octanol–water partition coefficient (Wildman–Crippen LogP) is 2.43. The number of furan rings is 1. The van der Waals surface area contributed by atoms with Gasteiger partial charge >= 0.3 is 0 Å². The van der Waals surface area contributed by atoms with Crippen LogP contribution in [0.1, 0.15) is 37.2 Å². The van der Waals surface area contributed by atoms with E-state index in [9.17, 15) is 0 Å². The van der Waals surface area contributed by atoms with Crippen molar-refractivity contribution in [2.75, 3.05) is 6.54 Å². The van der Waals surface area contributed by atoms with Crippen LogP contribution in [0.3, 0.4) is 0 Å². The van der Waals surface area contributed by atoms with E-state index in [1.54, 1.807) is 0 Å². The molecule has 1 unspecified atom stereocenters. The molecule has 12 heavy (non-hydrogen) atoms. The van der Waals surface area contributed by atoms with Gasteiger partial charge in [0, 0.05) is 5.92 Å². The van der Waals surface area contributed by atoms with Crippen molar-refractivity contribution >= 4 is 0 Å². The number of hydrogen-bond acceptors (Lipinski definition) is 2. The van der Waals surface area contributed by atoms with Crippen LogP contribution in [0.5, 0.6) is 0 Å². The molecule has 0 saturated carbocycles. The average Bonchev–Trinajstić information content (AvgIpc) is 2.47. The van der Waals surface area contributed by atoms with E-state index in [0.29, 0.717) is 5.92 Å². The molecule has 0 aromatic carbocycles. The molecule has 0 aliphatic heterocycles. The molecule has 0 fully saturated rings. The second kappa shape index (κ2) is 4.31. The molecule has 0 aliphatic rings. The van der Waals surface area contributed by atoms with Crippen molar-refractivity contribution < 1.29 is 4.42 Å². The van der Waals surface area contributed by atoms with Crippen molar-refractivity contribution in [3.8, 4) is 0 Å². The lowest BCUT2D eigenvalue weighted by molar-refractivity contribution is 0.439. The van der Waals surface area contributed by atoms with Crippen molar-refractivity contribution in [2.24, 2.45) is 5.73 Å². The highest BCUT2D eigenvalue weighted by atomic mass is 16.3. The smallest absolute Gasteiger partial charge is 0.106 e. The molecular formula is C10H17NO. The van der Waals surface area contributed by atoms with Gasteiger partial charge in [0.25, 0.3) is 0 Å². The van der Waals surface area contributed by atoms with Crippen LogP contribution in [0.25, 0.3) is 0 Å². The van der Waals surface area contributed by atoms with Gasteiger partial charge in [-0.15, -0.1) is 0 Å². The van der Waals surface area contributed by atoms with E-state index in [-0.39, 0.29) is 0 Å². The molecule has 1 aromatic rings. The molecule has 0 spiro atoms. The summed E-state index contributed by atoms with van der Waals surface area (Å²) in [6.07, 6.45) is 2.18. The molecule has 2 N–H and O–H groups in total. The van der Waals surface area contributed by atoms with Crippen LogP contribution in [0.2, 0.25) is 0 Å². The molecule has 0 aliphatic carbocycles. The first-order chi connectivity index (χ1) is 5.74. The summed E-state index contributed by atoms with van der Waals surface area (Å²) in [5.74, 6) is 2.58. The van der Waals surface area contributed by atoms with Gasteiger partial charge in [-0.1, -0.05) is 6.92 Å². The third kappa shape index (κ3) is 2.38. The Bertz CT molecular complexity index is 229. The lowest BCUT2D eigenvalue weighted by atomic mass is 10.0. The van der Waals surface area contributed by atoms with Crippen molar-refractivity contribution in [3.63, 3.8) is 0 Å². The summed E-state index contributed by atoms with van der Waals surface area (Å²) in [5.41, 5.74) is 5.43. The van der Waals surface area contributed by atoms with Gasteiger partial charge in [0.1, 0.15) is 11.5 Å². The Morgan fingerprint density at radius 2 is 2.25 bits per heavy atom. The highest BCUT2D eigenvalue weighted by molar-refractivity contribution is 5.09. The topological polar surface area (TPSA) is 39.2 Å². The minimum absolute atomic E-state index is 0.502. The summed E-state index contributed by atoms with van der Waals surface area (Å²) in [4.78, 5) is 0. The maximum absolute atomic E-state index is 5.50. The summed E-state index contributed by atoms with van der Waals surface area (Å²) in [5, 5.41) is 0. The van der Waals surface area contributed by atoms with Gasteiger partial charge in [-0.2, -0.15) is 0 Å². The van der Waals surface area contributed by atoms with Crippen LogP contribution in [0.15, 0.2) is 16.5 Å². The van der Waals surface area contributed by atoms with Crippen LogP contribution in [-0.2, 0) is 0 Å². The fourth-order valence-corrected chi connectivity index (χ4v) is 1.28. The SMILES string of the molecule is Cc1ccc(C(C)CCCN)o1. The van der Waals surface area contributed by atoms with Gasteiger partial charge in [-0.25, -0.2) is 0 Å². The maximum Gasteiger partial charge on any atom is 0.106 e. The molecule has 2 nitrogen and oxygen atoms in total. The third-order valence-corrected chi connectivity index (χ3v) is 2.09. The van der Waals surface area contributed by atoms with Crippen LogP contribution in [0, 0.1) is 6.92 Å². The Hall–Kier alpha value is -0.760. The molecule has 1 rings (SSSR count). The predicted molar refractivity (Wildman–Crippen MR) is 50.1 cm³/mol. The Labute approximate surface area is 73.8 Å². The minimum atomic E-state index is 0.502. The van der Waals surface area contributed by atoms with Gasteiger partial charge in [0.15, 0.2) is 0 Å². The molecule has 0 radical (unpaired) electrons. The van der Waals surface area contributed by atoms with Crippen molar-refractivity contribution in [1.82, 2.24) is 0 Å². The zero-order valence-corrected chi connectivity index (χ0v) is 7.84. The highest BCUT2D eigenvalue weighted by Crippen LogP contribution is 2.21. The van der Waals surface area contributed by atoms with Gasteiger partial charge in [0.05, 0.1) is 0 Å². The molecule has 0 bridgehead atoms. The second-order valence-corrected chi connectivity index (χ2v) is 3.28. The normalized spacial score (nSPS) is 13.2. The zero-order chi connectivity index (χ0) is 8.97. The third-order valence-electron chi connectivity index (χ3n) is 2.09. The Morgan fingerprint density at radius 3 is 2.75 bits per heavy atom. The Morgan fingerprint density at radius 1 is 1.50 bits per heavy atom. The molecule has 2 heteroatoms. The summed E-state index contributed by atoms with van der Waals surface area (Å²) in [7, 11) is 0. The standard InChI is InChI=1S/C10H17NO/c1-8(4-3-7-11)10-6-5-9(2)12-10/h5-6,8H,3-4,7,11H2,1-2H3. The second-order valence-electron chi connectivity index (χ2n) is 3.28. The zero-order valence-electron chi connectivity index (χ0n) is 7.84. The van der Waals surface area contributed by atoms with Gasteiger partial charge < -0.3 is 10.2 Å². The van der Waals surface area contributed by atoms with E-state index in [0.717, 1.165) is 30.9 Å². The molecule has 0 saturated heterocycles. The van der Waals surface area contributed by atoms with Gasteiger partial charge in [-0.3, -0.25) is 0 Å². The average molecular weight is 167 g/mol. The quantitative estimate of drug-likeness (QED) is 0.748. The van der Waals surface area contributed by atoms with Gasteiger partial charge in [-0.05, 0) is 38.4 Å². The van der Waals surface area contributed by atoms with E-state index in [4.69, 9.17) is 10.2 Å². The molecule has 0 amide bonds. The van der Waals surface area contributed by atoms with Crippen LogP contribution < -0.4 is 5.73 Å². The summed E-state index contributed by atoms with van der Waals surface area (Å²) >= 11 is 0. The molecule has 1 atom stereocenters. The number of aryl methyl sites for hydroxylation is 1. The Balaban J connectivity index is 2.47. The minimum Gasteiger partial charge on any atom is -0.466 e. The molecular weight excluding hydrogens is 150 g/mol. The summed E-state index contributed by atoms with van der Waals surface area (Å²) < 4.78 is 5.50. The van der Waals surface area contributed by atoms with E-state index in [2.05, 4.69) is 13.0 Å². The van der Waals surface area contributed by atoms with E-state index < -0.39 is 0 Å². The largest absolute Gasteiger partial charge is 0.466 e. The lowest BCUT2D eigenvalue weighted by Crippen LogP contribution is -2.01. The number of nitrogens with two attached hydrogens (primary N) is 1. The van der Waals surface area contributed by atoms with Gasteiger partial charge in [0.2, 0.25) is 0 Å².